The van der Waals surface area contributed by atoms with E-state index in [1.807, 2.05) is 18.2 Å². The van der Waals surface area contributed by atoms with Crippen molar-refractivity contribution in [2.45, 2.75) is 13.5 Å². The number of likely N-dealkylation sites (N-methyl/N-ethyl adjacent to an activating group) is 1. The van der Waals surface area contributed by atoms with E-state index < -0.39 is 5.91 Å². The summed E-state index contributed by atoms with van der Waals surface area (Å²) < 4.78 is 13.3. The third kappa shape index (κ3) is 4.68. The van der Waals surface area contributed by atoms with E-state index in [1.165, 1.54) is 18.0 Å². The highest BCUT2D eigenvalue weighted by atomic mass is 19.1. The van der Waals surface area contributed by atoms with Gasteiger partial charge < -0.3 is 25.8 Å². The van der Waals surface area contributed by atoms with Crippen LogP contribution in [0.15, 0.2) is 66.9 Å². The fraction of sp³-hybridized carbons (Fsp3) is 0.226. The first-order chi connectivity index (χ1) is 18.9. The lowest BCUT2D eigenvalue weighted by atomic mass is 9.93. The van der Waals surface area contributed by atoms with Crippen molar-refractivity contribution in [1.82, 2.24) is 14.9 Å². The number of carbonyl (C=O) groups is 1. The van der Waals surface area contributed by atoms with Crippen LogP contribution < -0.4 is 16.0 Å². The van der Waals surface area contributed by atoms with Crippen LogP contribution in [0.3, 0.4) is 0 Å². The predicted molar refractivity (Wildman–Crippen MR) is 156 cm³/mol. The summed E-state index contributed by atoms with van der Waals surface area (Å²) >= 11 is 0. The molecule has 1 fully saturated rings. The van der Waals surface area contributed by atoms with E-state index >= 15 is 0 Å². The van der Waals surface area contributed by atoms with E-state index in [4.69, 9.17) is 5.73 Å². The molecule has 0 spiro atoms. The number of H-pyrrole nitrogens is 1. The quantitative estimate of drug-likeness (QED) is 0.282. The van der Waals surface area contributed by atoms with Crippen LogP contribution in [0.2, 0.25) is 0 Å². The Labute approximate surface area is 226 Å². The molecule has 1 aliphatic rings. The Morgan fingerprint density at radius 1 is 1.05 bits per heavy atom. The van der Waals surface area contributed by atoms with Gasteiger partial charge in [0.05, 0.1) is 29.5 Å². The average molecular weight is 523 g/mol. The molecule has 3 heterocycles. The molecule has 0 atom stereocenters. The topological polar surface area (TPSA) is 90.3 Å². The largest absolute Gasteiger partial charge is 0.379 e. The lowest BCUT2D eigenvalue weighted by molar-refractivity contribution is 0.100. The SMILES string of the molecule is Cc1c(NCc2ccc(F)cn2)cccc1-c1ccc(C(N)=O)c2[nH]c3cc(N4CCN(C)CC4)ccc3c12. The van der Waals surface area contributed by atoms with Crippen molar-refractivity contribution < 1.29 is 9.18 Å². The molecule has 0 bridgehead atoms. The van der Waals surface area contributed by atoms with Gasteiger partial charge in [0.1, 0.15) is 5.82 Å². The molecule has 6 rings (SSSR count). The minimum Gasteiger partial charge on any atom is -0.379 e. The number of piperazine rings is 1. The number of carbonyl (C=O) groups excluding carboxylic acids is 1. The van der Waals surface area contributed by atoms with Gasteiger partial charge in [0.2, 0.25) is 0 Å². The normalized spacial score (nSPS) is 14.3. The highest BCUT2D eigenvalue weighted by molar-refractivity contribution is 6.20. The number of amides is 1. The van der Waals surface area contributed by atoms with Crippen LogP contribution in [0, 0.1) is 12.7 Å². The summed E-state index contributed by atoms with van der Waals surface area (Å²) in [6.45, 7) is 6.56. The van der Waals surface area contributed by atoms with Crippen LogP contribution in [-0.2, 0) is 6.54 Å². The molecule has 2 aromatic heterocycles. The van der Waals surface area contributed by atoms with Crippen molar-refractivity contribution in [2.24, 2.45) is 5.73 Å². The van der Waals surface area contributed by atoms with Crippen molar-refractivity contribution in [1.29, 1.82) is 0 Å². The van der Waals surface area contributed by atoms with Gasteiger partial charge in [0.25, 0.3) is 5.91 Å². The van der Waals surface area contributed by atoms with Crippen molar-refractivity contribution in [3.05, 3.63) is 89.5 Å². The molecular weight excluding hydrogens is 491 g/mol. The maximum Gasteiger partial charge on any atom is 0.250 e. The monoisotopic (exact) mass is 522 g/mol. The smallest absolute Gasteiger partial charge is 0.250 e. The van der Waals surface area contributed by atoms with Crippen LogP contribution in [0.5, 0.6) is 0 Å². The van der Waals surface area contributed by atoms with E-state index in [0.29, 0.717) is 12.1 Å². The zero-order chi connectivity index (χ0) is 27.1. The van der Waals surface area contributed by atoms with Gasteiger partial charge in [-0.05, 0) is 67.1 Å². The van der Waals surface area contributed by atoms with Crippen molar-refractivity contribution >= 4 is 39.1 Å². The van der Waals surface area contributed by atoms with E-state index in [0.717, 1.165) is 76.1 Å². The summed E-state index contributed by atoms with van der Waals surface area (Å²) in [7, 11) is 2.15. The summed E-state index contributed by atoms with van der Waals surface area (Å²) in [6, 6.07) is 19.5. The number of nitrogens with zero attached hydrogens (tertiary/aromatic N) is 3. The number of pyridine rings is 1. The molecule has 8 heteroatoms. The summed E-state index contributed by atoms with van der Waals surface area (Å²) in [4.78, 5) is 24.8. The Morgan fingerprint density at radius 2 is 1.87 bits per heavy atom. The molecule has 0 radical (unpaired) electrons. The maximum atomic E-state index is 13.3. The highest BCUT2D eigenvalue weighted by Crippen LogP contribution is 2.40. The van der Waals surface area contributed by atoms with Crippen LogP contribution >= 0.6 is 0 Å². The van der Waals surface area contributed by atoms with Gasteiger partial charge in [-0.25, -0.2) is 4.39 Å². The number of nitrogens with one attached hydrogen (secondary N) is 2. The van der Waals surface area contributed by atoms with Gasteiger partial charge in [-0.15, -0.1) is 0 Å². The molecule has 3 aromatic carbocycles. The molecule has 0 saturated carbocycles. The second kappa shape index (κ2) is 10.0. The summed E-state index contributed by atoms with van der Waals surface area (Å²) in [5.74, 6) is -0.814. The van der Waals surface area contributed by atoms with Gasteiger partial charge in [-0.2, -0.15) is 0 Å². The molecule has 1 saturated heterocycles. The second-order valence-electron chi connectivity index (χ2n) is 10.2. The fourth-order valence-corrected chi connectivity index (χ4v) is 5.51. The van der Waals surface area contributed by atoms with Gasteiger partial charge in [0.15, 0.2) is 0 Å². The molecule has 1 amide bonds. The first-order valence-electron chi connectivity index (χ1n) is 13.1. The van der Waals surface area contributed by atoms with E-state index in [-0.39, 0.29) is 5.82 Å². The Hall–Kier alpha value is -4.43. The maximum absolute atomic E-state index is 13.3. The first kappa shape index (κ1) is 24.9. The number of benzene rings is 3. The van der Waals surface area contributed by atoms with Crippen molar-refractivity contribution in [3.63, 3.8) is 0 Å². The average Bonchev–Trinajstić information content (AvgIpc) is 3.32. The third-order valence-corrected chi connectivity index (χ3v) is 7.74. The van der Waals surface area contributed by atoms with E-state index in [2.05, 4.69) is 63.3 Å². The minimum atomic E-state index is -0.462. The van der Waals surface area contributed by atoms with Crippen molar-refractivity contribution in [2.75, 3.05) is 43.4 Å². The molecule has 198 valence electrons. The molecule has 4 N–H and O–H groups in total. The number of rotatable bonds is 6. The second-order valence-corrected chi connectivity index (χ2v) is 10.2. The molecule has 1 aliphatic heterocycles. The number of aromatic amines is 1. The molecular formula is C31H31FN6O. The Morgan fingerprint density at radius 3 is 2.62 bits per heavy atom. The van der Waals surface area contributed by atoms with Crippen LogP contribution in [0.4, 0.5) is 15.8 Å². The van der Waals surface area contributed by atoms with Crippen LogP contribution in [-0.4, -0.2) is 54.0 Å². The highest BCUT2D eigenvalue weighted by Gasteiger charge is 2.20. The van der Waals surface area contributed by atoms with Crippen LogP contribution in [0.1, 0.15) is 21.6 Å². The van der Waals surface area contributed by atoms with E-state index in [1.54, 1.807) is 12.1 Å². The van der Waals surface area contributed by atoms with Crippen LogP contribution in [0.25, 0.3) is 32.9 Å². The van der Waals surface area contributed by atoms with Gasteiger partial charge >= 0.3 is 0 Å². The lowest BCUT2D eigenvalue weighted by Crippen LogP contribution is -2.44. The Balaban J connectivity index is 1.43. The Bertz CT molecular complexity index is 1690. The zero-order valence-corrected chi connectivity index (χ0v) is 22.1. The number of hydrogen-bond acceptors (Lipinski definition) is 5. The summed E-state index contributed by atoms with van der Waals surface area (Å²) in [5, 5.41) is 5.47. The van der Waals surface area contributed by atoms with E-state index in [9.17, 15) is 9.18 Å². The number of hydrogen-bond donors (Lipinski definition) is 3. The van der Waals surface area contributed by atoms with Crippen molar-refractivity contribution in [3.8, 4) is 11.1 Å². The molecule has 7 nitrogen and oxygen atoms in total. The van der Waals surface area contributed by atoms with Gasteiger partial charge in [-0.1, -0.05) is 24.3 Å². The molecule has 0 unspecified atom stereocenters. The number of nitrogens with two attached hydrogens (primary N) is 1. The number of fused-ring (bicyclic) bond motifs is 3. The third-order valence-electron chi connectivity index (χ3n) is 7.74. The molecule has 5 aromatic rings. The molecule has 0 aliphatic carbocycles. The Kier molecular flexibility index (Phi) is 6.40. The zero-order valence-electron chi connectivity index (χ0n) is 22.1. The standard InChI is InChI=1S/C31H31FN6O/c1-19-23(4-3-5-27(19)35-18-21-7-6-20(32)17-34-21)24-10-11-26(31(33)39)30-29(24)25-9-8-22(16-28(25)36-30)38-14-12-37(2)13-15-38/h3-11,16-17,35-36H,12-15,18H2,1-2H3,(H2,33,39). The number of halogens is 1. The predicted octanol–water partition coefficient (Wildman–Crippen LogP) is 5.29. The number of aromatic nitrogens is 2. The number of primary amides is 1. The molecule has 39 heavy (non-hydrogen) atoms. The lowest BCUT2D eigenvalue weighted by Gasteiger charge is -2.34. The summed E-state index contributed by atoms with van der Waals surface area (Å²) in [6.07, 6.45) is 1.23. The fourth-order valence-electron chi connectivity index (χ4n) is 5.51. The number of anilines is 2. The summed E-state index contributed by atoms with van der Waals surface area (Å²) in [5.41, 5.74) is 14.0. The van der Waals surface area contributed by atoms with Gasteiger partial charge in [0, 0.05) is 53.8 Å². The van der Waals surface area contributed by atoms with Gasteiger partial charge in [-0.3, -0.25) is 9.78 Å². The minimum absolute atomic E-state index is 0.352. The first-order valence-corrected chi connectivity index (χ1v) is 13.1.